The molecule has 6 heteroatoms. The molecule has 0 atom stereocenters. The molecule has 3 rings (SSSR count). The number of phenolic OH excluding ortho intramolecular Hbond substituents is 1. The molecule has 1 amide bonds. The van der Waals surface area contributed by atoms with Crippen molar-refractivity contribution in [1.82, 2.24) is 0 Å². The summed E-state index contributed by atoms with van der Waals surface area (Å²) in [6.45, 7) is 10.1. The highest BCUT2D eigenvalue weighted by Gasteiger charge is 2.16. The highest BCUT2D eigenvalue weighted by molar-refractivity contribution is 9.10. The number of phenols is 1. The number of benzene rings is 3. The van der Waals surface area contributed by atoms with Crippen LogP contribution in [0.5, 0.6) is 5.75 Å². The summed E-state index contributed by atoms with van der Waals surface area (Å²) in [7, 11) is 0. The van der Waals surface area contributed by atoms with Crippen molar-refractivity contribution < 1.29 is 9.90 Å². The number of halogens is 2. The summed E-state index contributed by atoms with van der Waals surface area (Å²) in [6.07, 6.45) is 1.59. The maximum atomic E-state index is 12.6. The van der Waals surface area contributed by atoms with Gasteiger partial charge in [-0.3, -0.25) is 9.79 Å². The van der Waals surface area contributed by atoms with Crippen LogP contribution < -0.4 is 5.32 Å². The second-order valence-electron chi connectivity index (χ2n) is 8.73. The number of amides is 1. The monoisotopic (exact) mass is 512 g/mol. The molecular formula is C26H26BrClN2O2. The Morgan fingerprint density at radius 3 is 2.19 bits per heavy atom. The van der Waals surface area contributed by atoms with Gasteiger partial charge in [0.2, 0.25) is 0 Å². The van der Waals surface area contributed by atoms with Gasteiger partial charge in [-0.15, -0.1) is 0 Å². The zero-order chi connectivity index (χ0) is 23.6. The van der Waals surface area contributed by atoms with Crippen molar-refractivity contribution >= 4 is 51.0 Å². The fraction of sp³-hybridized carbons (Fsp3) is 0.231. The number of hydrogen-bond donors (Lipinski definition) is 2. The molecule has 0 bridgehead atoms. The molecule has 0 saturated carbocycles. The standard InChI is InChI=1S/C26H26BrClN2O2/c1-15-21(24(31)22(27)16(2)23(15)28)14-29-19-10-12-20(13-11-19)30-25(32)17-6-8-18(9-7-17)26(3,4)5/h6-14,31H,1-5H3,(H,30,32). The molecule has 0 aliphatic carbocycles. The number of nitrogens with zero attached hydrogens (tertiary/aromatic N) is 1. The predicted molar refractivity (Wildman–Crippen MR) is 137 cm³/mol. The van der Waals surface area contributed by atoms with Gasteiger partial charge in [0.1, 0.15) is 5.75 Å². The number of hydrogen-bond acceptors (Lipinski definition) is 3. The summed E-state index contributed by atoms with van der Waals surface area (Å²) in [5, 5.41) is 13.9. The number of aliphatic imine (C=N–C) groups is 1. The van der Waals surface area contributed by atoms with E-state index >= 15 is 0 Å². The van der Waals surface area contributed by atoms with Crippen molar-refractivity contribution in [1.29, 1.82) is 0 Å². The van der Waals surface area contributed by atoms with E-state index in [1.807, 2.05) is 38.1 Å². The fourth-order valence-corrected chi connectivity index (χ4v) is 3.94. The first kappa shape index (κ1) is 24.0. The van der Waals surface area contributed by atoms with E-state index in [0.29, 0.717) is 32.0 Å². The second kappa shape index (κ2) is 9.47. The van der Waals surface area contributed by atoms with Crippen molar-refractivity contribution in [3.63, 3.8) is 0 Å². The van der Waals surface area contributed by atoms with E-state index in [2.05, 4.69) is 47.0 Å². The first-order chi connectivity index (χ1) is 15.0. The second-order valence-corrected chi connectivity index (χ2v) is 9.90. The van der Waals surface area contributed by atoms with E-state index in [1.54, 1.807) is 30.5 Å². The van der Waals surface area contributed by atoms with E-state index < -0.39 is 0 Å². The molecule has 4 nitrogen and oxygen atoms in total. The molecule has 3 aromatic rings. The van der Waals surface area contributed by atoms with Gasteiger partial charge < -0.3 is 10.4 Å². The van der Waals surface area contributed by atoms with Crippen LogP contribution in [0.1, 0.15) is 53.4 Å². The number of carbonyl (C=O) groups is 1. The first-order valence-corrected chi connectivity index (χ1v) is 11.4. The van der Waals surface area contributed by atoms with E-state index in [1.165, 1.54) is 5.56 Å². The van der Waals surface area contributed by atoms with Gasteiger partial charge in [-0.05, 0) is 88.3 Å². The fourth-order valence-electron chi connectivity index (χ4n) is 3.22. The Kier molecular flexibility index (Phi) is 7.11. The number of aromatic hydroxyl groups is 1. The summed E-state index contributed by atoms with van der Waals surface area (Å²) in [6, 6.07) is 14.8. The Bertz CT molecular complexity index is 1150. The summed E-state index contributed by atoms with van der Waals surface area (Å²) >= 11 is 9.72. The Hall–Kier alpha value is -2.63. The summed E-state index contributed by atoms with van der Waals surface area (Å²) in [5.41, 5.74) is 5.29. The average molecular weight is 514 g/mol. The molecular weight excluding hydrogens is 488 g/mol. The Morgan fingerprint density at radius 2 is 1.62 bits per heavy atom. The third-order valence-electron chi connectivity index (χ3n) is 5.34. The summed E-state index contributed by atoms with van der Waals surface area (Å²) < 4.78 is 0.558. The van der Waals surface area contributed by atoms with Crippen molar-refractivity contribution in [2.24, 2.45) is 4.99 Å². The molecule has 0 aliphatic rings. The van der Waals surface area contributed by atoms with Crippen molar-refractivity contribution in [3.8, 4) is 5.75 Å². The molecule has 2 N–H and O–H groups in total. The number of anilines is 1. The minimum Gasteiger partial charge on any atom is -0.506 e. The van der Waals surface area contributed by atoms with Crippen molar-refractivity contribution in [2.45, 2.75) is 40.0 Å². The molecule has 0 heterocycles. The third kappa shape index (κ3) is 5.22. The van der Waals surface area contributed by atoms with E-state index in [9.17, 15) is 9.90 Å². The average Bonchev–Trinajstić information content (AvgIpc) is 2.77. The van der Waals surface area contributed by atoms with Crippen LogP contribution in [0.2, 0.25) is 5.02 Å². The number of carbonyl (C=O) groups excluding carboxylic acids is 1. The predicted octanol–water partition coefficient (Wildman–Crippen LogP) is 7.73. The number of nitrogens with one attached hydrogen (secondary N) is 1. The van der Waals surface area contributed by atoms with E-state index in [4.69, 9.17) is 11.6 Å². The lowest BCUT2D eigenvalue weighted by atomic mass is 9.87. The SMILES string of the molecule is Cc1c(Cl)c(C)c(C=Nc2ccc(NC(=O)c3ccc(C(C)(C)C)cc3)cc2)c(O)c1Br. The molecule has 0 unspecified atom stereocenters. The van der Waals surface area contributed by atoms with Crippen LogP contribution in [0.25, 0.3) is 0 Å². The van der Waals surface area contributed by atoms with Crippen LogP contribution in [0, 0.1) is 13.8 Å². The van der Waals surface area contributed by atoms with Crippen molar-refractivity contribution in [2.75, 3.05) is 5.32 Å². The van der Waals surface area contributed by atoms with Gasteiger partial charge in [0.25, 0.3) is 5.91 Å². The third-order valence-corrected chi connectivity index (χ3v) is 6.87. The zero-order valence-electron chi connectivity index (χ0n) is 18.8. The molecule has 0 radical (unpaired) electrons. The Morgan fingerprint density at radius 1 is 1.03 bits per heavy atom. The maximum absolute atomic E-state index is 12.6. The normalized spacial score (nSPS) is 11.7. The van der Waals surface area contributed by atoms with Crippen LogP contribution in [-0.4, -0.2) is 17.2 Å². The molecule has 0 aromatic heterocycles. The molecule has 0 aliphatic heterocycles. The zero-order valence-corrected chi connectivity index (χ0v) is 21.1. The lowest BCUT2D eigenvalue weighted by Gasteiger charge is -2.19. The van der Waals surface area contributed by atoms with Crippen LogP contribution in [-0.2, 0) is 5.41 Å². The van der Waals surface area contributed by atoms with Crippen LogP contribution >= 0.6 is 27.5 Å². The van der Waals surface area contributed by atoms with Gasteiger partial charge in [-0.1, -0.05) is 44.5 Å². The highest BCUT2D eigenvalue weighted by atomic mass is 79.9. The lowest BCUT2D eigenvalue weighted by Crippen LogP contribution is -2.14. The smallest absolute Gasteiger partial charge is 0.255 e. The Labute approximate surface area is 202 Å². The minimum absolute atomic E-state index is 0.0423. The summed E-state index contributed by atoms with van der Waals surface area (Å²) in [4.78, 5) is 17.0. The van der Waals surface area contributed by atoms with Gasteiger partial charge in [-0.2, -0.15) is 0 Å². The molecule has 32 heavy (non-hydrogen) atoms. The quantitative estimate of drug-likeness (QED) is 0.351. The van der Waals surface area contributed by atoms with Crippen molar-refractivity contribution in [3.05, 3.63) is 85.8 Å². The van der Waals surface area contributed by atoms with Gasteiger partial charge >= 0.3 is 0 Å². The van der Waals surface area contributed by atoms with E-state index in [0.717, 1.165) is 11.1 Å². The van der Waals surface area contributed by atoms with E-state index in [-0.39, 0.29) is 17.1 Å². The van der Waals surface area contributed by atoms with Gasteiger partial charge in [0.05, 0.1) is 10.2 Å². The first-order valence-electron chi connectivity index (χ1n) is 10.2. The highest BCUT2D eigenvalue weighted by Crippen LogP contribution is 2.38. The van der Waals surface area contributed by atoms with Gasteiger partial charge in [0, 0.05) is 28.1 Å². The topological polar surface area (TPSA) is 61.7 Å². The van der Waals surface area contributed by atoms with Crippen LogP contribution in [0.4, 0.5) is 11.4 Å². The molecule has 0 fully saturated rings. The molecule has 0 spiro atoms. The largest absolute Gasteiger partial charge is 0.506 e. The molecule has 0 saturated heterocycles. The minimum atomic E-state index is -0.165. The van der Waals surface area contributed by atoms with Crippen LogP contribution in [0.3, 0.4) is 0 Å². The summed E-state index contributed by atoms with van der Waals surface area (Å²) in [5.74, 6) is -0.0593. The van der Waals surface area contributed by atoms with Gasteiger partial charge in [0.15, 0.2) is 0 Å². The Balaban J connectivity index is 1.73. The lowest BCUT2D eigenvalue weighted by molar-refractivity contribution is 0.102. The maximum Gasteiger partial charge on any atom is 0.255 e. The number of rotatable bonds is 4. The van der Waals surface area contributed by atoms with Crippen LogP contribution in [0.15, 0.2) is 58.0 Å². The van der Waals surface area contributed by atoms with Gasteiger partial charge in [-0.25, -0.2) is 0 Å². The molecule has 166 valence electrons. The molecule has 3 aromatic carbocycles.